The molecule has 0 spiro atoms. The van der Waals surface area contributed by atoms with Crippen LogP contribution in [0.3, 0.4) is 0 Å². The van der Waals surface area contributed by atoms with Gasteiger partial charge in [-0.25, -0.2) is 4.79 Å². The Kier molecular flexibility index (Phi) is 8.36. The predicted molar refractivity (Wildman–Crippen MR) is 101 cm³/mol. The number of ether oxygens (including phenoxy) is 2. The number of hydrogen-bond acceptors (Lipinski definition) is 6. The van der Waals surface area contributed by atoms with E-state index in [0.29, 0.717) is 29.6 Å². The van der Waals surface area contributed by atoms with Gasteiger partial charge in [-0.1, -0.05) is 11.6 Å². The predicted octanol–water partition coefficient (Wildman–Crippen LogP) is 2.97. The van der Waals surface area contributed by atoms with Crippen molar-refractivity contribution in [2.45, 2.75) is 26.3 Å². The number of benzene rings is 1. The van der Waals surface area contributed by atoms with Gasteiger partial charge in [0.2, 0.25) is 0 Å². The third kappa shape index (κ3) is 7.71. The summed E-state index contributed by atoms with van der Waals surface area (Å²) < 4.78 is 15.4. The van der Waals surface area contributed by atoms with Crippen LogP contribution < -0.4 is 15.4 Å². The summed E-state index contributed by atoms with van der Waals surface area (Å²) in [6, 6.07) is 7.95. The van der Waals surface area contributed by atoms with Crippen molar-refractivity contribution >= 4 is 29.5 Å². The minimum absolute atomic E-state index is 0.0878. The van der Waals surface area contributed by atoms with Crippen LogP contribution >= 0.6 is 11.6 Å². The zero-order chi connectivity index (χ0) is 20.4. The van der Waals surface area contributed by atoms with E-state index in [0.717, 1.165) is 5.56 Å². The Balaban J connectivity index is 1.55. The molecule has 1 heterocycles. The van der Waals surface area contributed by atoms with Crippen molar-refractivity contribution < 1.29 is 28.3 Å². The maximum absolute atomic E-state index is 11.6. The van der Waals surface area contributed by atoms with Crippen LogP contribution in [0.4, 0.5) is 4.79 Å². The van der Waals surface area contributed by atoms with Crippen LogP contribution in [0.1, 0.15) is 24.2 Å². The molecule has 1 aromatic heterocycles. The Morgan fingerprint density at radius 1 is 1.21 bits per heavy atom. The van der Waals surface area contributed by atoms with E-state index in [2.05, 4.69) is 10.6 Å². The van der Waals surface area contributed by atoms with Gasteiger partial charge in [0, 0.05) is 11.4 Å². The third-order valence-corrected chi connectivity index (χ3v) is 3.97. The highest BCUT2D eigenvalue weighted by Crippen LogP contribution is 2.21. The summed E-state index contributed by atoms with van der Waals surface area (Å²) in [5.74, 6) is -0.0690. The monoisotopic (exact) mass is 408 g/mol. The summed E-state index contributed by atoms with van der Waals surface area (Å²) in [6.45, 7) is 1.79. The number of nitrogens with one attached hydrogen (secondary N) is 2. The van der Waals surface area contributed by atoms with Crippen LogP contribution in [-0.4, -0.2) is 31.1 Å². The molecule has 9 heteroatoms. The van der Waals surface area contributed by atoms with E-state index in [1.807, 2.05) is 13.0 Å². The maximum Gasteiger partial charge on any atom is 0.321 e. The molecule has 1 aromatic carbocycles. The molecule has 0 fully saturated rings. The Morgan fingerprint density at radius 2 is 2.04 bits per heavy atom. The number of rotatable bonds is 9. The van der Waals surface area contributed by atoms with Crippen molar-refractivity contribution in [3.05, 3.63) is 52.9 Å². The van der Waals surface area contributed by atoms with Crippen LogP contribution in [0.5, 0.6) is 5.75 Å². The zero-order valence-electron chi connectivity index (χ0n) is 15.3. The van der Waals surface area contributed by atoms with Gasteiger partial charge in [-0.3, -0.25) is 14.9 Å². The topological polar surface area (TPSA) is 107 Å². The number of halogens is 1. The molecule has 0 aliphatic heterocycles. The second kappa shape index (κ2) is 11.0. The number of carbonyl (C=O) groups excluding carboxylic acids is 3. The smallest absolute Gasteiger partial charge is 0.321 e. The molecule has 0 saturated heterocycles. The van der Waals surface area contributed by atoms with Gasteiger partial charge in [-0.2, -0.15) is 0 Å². The number of furan rings is 1. The lowest BCUT2D eigenvalue weighted by molar-refractivity contribution is -0.148. The summed E-state index contributed by atoms with van der Waals surface area (Å²) in [4.78, 5) is 34.8. The molecule has 2 N–H and O–H groups in total. The normalized spacial score (nSPS) is 10.2. The molecule has 150 valence electrons. The molecule has 8 nitrogen and oxygen atoms in total. The number of hydrogen-bond donors (Lipinski definition) is 2. The van der Waals surface area contributed by atoms with Gasteiger partial charge in [-0.15, -0.1) is 0 Å². The van der Waals surface area contributed by atoms with Crippen LogP contribution in [0.2, 0.25) is 5.02 Å². The highest BCUT2D eigenvalue weighted by Gasteiger charge is 2.11. The summed E-state index contributed by atoms with van der Waals surface area (Å²) >= 11 is 5.94. The lowest BCUT2D eigenvalue weighted by Crippen LogP contribution is -2.41. The lowest BCUT2D eigenvalue weighted by atomic mass is 10.2. The molecule has 2 rings (SSSR count). The molecular formula is C19H21ClN2O6. The van der Waals surface area contributed by atoms with E-state index in [1.54, 1.807) is 24.3 Å². The average molecular weight is 409 g/mol. The molecule has 3 amide bonds. The highest BCUT2D eigenvalue weighted by molar-refractivity contribution is 6.31. The Labute approximate surface area is 167 Å². The van der Waals surface area contributed by atoms with Gasteiger partial charge < -0.3 is 19.2 Å². The second-order valence-corrected chi connectivity index (χ2v) is 6.24. The fourth-order valence-electron chi connectivity index (χ4n) is 2.12. The Hall–Kier alpha value is -3.00. The average Bonchev–Trinajstić information content (AvgIpc) is 3.18. The van der Waals surface area contributed by atoms with E-state index in [1.165, 1.54) is 6.26 Å². The Bertz CT molecular complexity index is 807. The maximum atomic E-state index is 11.6. The number of aryl methyl sites for hydroxylation is 1. The van der Waals surface area contributed by atoms with Crippen LogP contribution in [-0.2, 0) is 20.9 Å². The van der Waals surface area contributed by atoms with Crippen LogP contribution in [0, 0.1) is 6.92 Å². The number of esters is 1. The Morgan fingerprint density at radius 3 is 2.75 bits per heavy atom. The molecule has 0 atom stereocenters. The minimum Gasteiger partial charge on any atom is -0.494 e. The third-order valence-electron chi connectivity index (χ3n) is 3.54. The van der Waals surface area contributed by atoms with E-state index in [-0.39, 0.29) is 13.0 Å². The second-order valence-electron chi connectivity index (χ2n) is 5.83. The summed E-state index contributed by atoms with van der Waals surface area (Å²) in [7, 11) is 0. The summed E-state index contributed by atoms with van der Waals surface area (Å²) in [5.41, 5.74) is 0.901. The standard InChI is InChI=1S/C19H21ClN2O6/c1-13-10-14(6-7-16(13)20)26-9-3-5-18(24)28-12-17(23)22-19(25)21-11-15-4-2-8-27-15/h2,4,6-8,10H,3,5,9,11-12H2,1H3,(H2,21,22,23,25). The molecule has 0 saturated carbocycles. The van der Waals surface area contributed by atoms with Gasteiger partial charge in [0.1, 0.15) is 11.5 Å². The van der Waals surface area contributed by atoms with E-state index in [4.69, 9.17) is 25.5 Å². The lowest BCUT2D eigenvalue weighted by Gasteiger charge is -2.08. The molecule has 0 unspecified atom stereocenters. The van der Waals surface area contributed by atoms with Gasteiger partial charge >= 0.3 is 12.0 Å². The highest BCUT2D eigenvalue weighted by atomic mass is 35.5. The molecule has 0 bridgehead atoms. The molecule has 2 aromatic rings. The van der Waals surface area contributed by atoms with Crippen LogP contribution in [0.15, 0.2) is 41.0 Å². The quantitative estimate of drug-likeness (QED) is 0.488. The molecule has 0 aliphatic carbocycles. The first-order valence-electron chi connectivity index (χ1n) is 8.58. The SMILES string of the molecule is Cc1cc(OCCCC(=O)OCC(=O)NC(=O)NCc2ccco2)ccc1Cl. The van der Waals surface area contributed by atoms with Crippen molar-refractivity contribution in [2.24, 2.45) is 0 Å². The number of urea groups is 1. The summed E-state index contributed by atoms with van der Waals surface area (Å²) in [6.07, 6.45) is 1.98. The number of carbonyl (C=O) groups is 3. The van der Waals surface area contributed by atoms with Crippen molar-refractivity contribution in [3.8, 4) is 5.75 Å². The van der Waals surface area contributed by atoms with Crippen molar-refractivity contribution in [1.29, 1.82) is 0 Å². The minimum atomic E-state index is -0.724. The zero-order valence-corrected chi connectivity index (χ0v) is 16.1. The number of imide groups is 1. The van der Waals surface area contributed by atoms with Gasteiger partial charge in [-0.05, 0) is 49.2 Å². The first-order chi connectivity index (χ1) is 13.4. The summed E-state index contributed by atoms with van der Waals surface area (Å²) in [5, 5.41) is 5.15. The van der Waals surface area contributed by atoms with E-state index in [9.17, 15) is 14.4 Å². The molecule has 28 heavy (non-hydrogen) atoms. The number of amides is 3. The molecular weight excluding hydrogens is 388 g/mol. The van der Waals surface area contributed by atoms with Crippen molar-refractivity contribution in [2.75, 3.05) is 13.2 Å². The first-order valence-corrected chi connectivity index (χ1v) is 8.96. The van der Waals surface area contributed by atoms with Crippen molar-refractivity contribution in [1.82, 2.24) is 10.6 Å². The van der Waals surface area contributed by atoms with Gasteiger partial charge in [0.25, 0.3) is 5.91 Å². The fraction of sp³-hybridized carbons (Fsp3) is 0.316. The van der Waals surface area contributed by atoms with E-state index >= 15 is 0 Å². The first kappa shape index (κ1) is 21.3. The van der Waals surface area contributed by atoms with Gasteiger partial charge in [0.15, 0.2) is 6.61 Å². The van der Waals surface area contributed by atoms with Crippen LogP contribution in [0.25, 0.3) is 0 Å². The molecule has 0 radical (unpaired) electrons. The largest absolute Gasteiger partial charge is 0.494 e. The van der Waals surface area contributed by atoms with E-state index < -0.39 is 24.5 Å². The van der Waals surface area contributed by atoms with Gasteiger partial charge in [0.05, 0.1) is 19.4 Å². The van der Waals surface area contributed by atoms with Crippen molar-refractivity contribution in [3.63, 3.8) is 0 Å². The fourth-order valence-corrected chi connectivity index (χ4v) is 2.24. The molecule has 0 aliphatic rings.